The highest BCUT2D eigenvalue weighted by molar-refractivity contribution is 5.15. The second-order valence-corrected chi connectivity index (χ2v) is 5.33. The Morgan fingerprint density at radius 1 is 1.14 bits per heavy atom. The lowest BCUT2D eigenvalue weighted by molar-refractivity contribution is -0.0773. The van der Waals surface area contributed by atoms with Crippen molar-refractivity contribution in [2.75, 3.05) is 0 Å². The van der Waals surface area contributed by atoms with Gasteiger partial charge in [-0.25, -0.2) is 0 Å². The molecule has 1 aliphatic carbocycles. The molecule has 0 amide bonds. The van der Waals surface area contributed by atoms with Crippen LogP contribution in [0.4, 0.5) is 0 Å². The first-order valence-corrected chi connectivity index (χ1v) is 5.82. The van der Waals surface area contributed by atoms with Gasteiger partial charge in [0, 0.05) is 5.92 Å². The van der Waals surface area contributed by atoms with Crippen LogP contribution < -0.4 is 0 Å². The number of fused-ring (bicyclic) bond motifs is 2. The second kappa shape index (κ2) is 2.34. The first-order valence-electron chi connectivity index (χ1n) is 5.82. The number of aliphatic hydroxyl groups excluding tert-OH is 1. The maximum atomic E-state index is 9.90. The minimum Gasteiger partial charge on any atom is -0.388 e. The van der Waals surface area contributed by atoms with Crippen molar-refractivity contribution in [3.8, 4) is 0 Å². The zero-order chi connectivity index (χ0) is 9.34. The third kappa shape index (κ3) is 0.730. The first-order chi connectivity index (χ1) is 6.80. The molecule has 5 unspecified atom stereocenters. The lowest BCUT2D eigenvalue weighted by atomic mass is 9.78. The van der Waals surface area contributed by atoms with Crippen LogP contribution in [0.2, 0.25) is 0 Å². The molecule has 0 aromatic rings. The van der Waals surface area contributed by atoms with E-state index < -0.39 is 0 Å². The maximum absolute atomic E-state index is 9.90. The van der Waals surface area contributed by atoms with E-state index in [9.17, 15) is 5.11 Å². The SMILES string of the molecule is OC1C2CC3C(O2)C1OC31CCCC1. The molecule has 1 spiro atoms. The lowest BCUT2D eigenvalue weighted by Crippen LogP contribution is -2.36. The van der Waals surface area contributed by atoms with Crippen LogP contribution >= 0.6 is 0 Å². The highest BCUT2D eigenvalue weighted by Gasteiger charge is 2.67. The van der Waals surface area contributed by atoms with Gasteiger partial charge >= 0.3 is 0 Å². The van der Waals surface area contributed by atoms with Gasteiger partial charge < -0.3 is 14.6 Å². The van der Waals surface area contributed by atoms with Gasteiger partial charge in [0.1, 0.15) is 12.2 Å². The molecule has 0 aromatic heterocycles. The van der Waals surface area contributed by atoms with Crippen LogP contribution in [-0.4, -0.2) is 35.1 Å². The van der Waals surface area contributed by atoms with Crippen molar-refractivity contribution >= 4 is 0 Å². The van der Waals surface area contributed by atoms with Gasteiger partial charge in [0.05, 0.1) is 17.8 Å². The molecule has 3 saturated heterocycles. The Morgan fingerprint density at radius 3 is 2.57 bits per heavy atom. The topological polar surface area (TPSA) is 38.7 Å². The summed E-state index contributed by atoms with van der Waals surface area (Å²) in [5.41, 5.74) is 0.0988. The summed E-state index contributed by atoms with van der Waals surface area (Å²) in [5, 5.41) is 9.90. The van der Waals surface area contributed by atoms with Crippen LogP contribution in [0.25, 0.3) is 0 Å². The van der Waals surface area contributed by atoms with E-state index in [1.54, 1.807) is 0 Å². The molecular formula is C11H16O3. The zero-order valence-electron chi connectivity index (χ0n) is 8.19. The van der Waals surface area contributed by atoms with Crippen molar-refractivity contribution in [2.24, 2.45) is 5.92 Å². The number of hydrogen-bond acceptors (Lipinski definition) is 3. The van der Waals surface area contributed by atoms with Gasteiger partial charge in [-0.2, -0.15) is 0 Å². The van der Waals surface area contributed by atoms with Gasteiger partial charge in [0.2, 0.25) is 0 Å². The molecule has 14 heavy (non-hydrogen) atoms. The monoisotopic (exact) mass is 196 g/mol. The van der Waals surface area contributed by atoms with Crippen molar-refractivity contribution in [3.05, 3.63) is 0 Å². The molecule has 4 aliphatic rings. The number of rotatable bonds is 0. The summed E-state index contributed by atoms with van der Waals surface area (Å²) < 4.78 is 11.9. The fraction of sp³-hybridized carbons (Fsp3) is 1.00. The van der Waals surface area contributed by atoms with Gasteiger partial charge in [-0.05, 0) is 19.3 Å². The molecule has 0 aromatic carbocycles. The van der Waals surface area contributed by atoms with Crippen LogP contribution in [-0.2, 0) is 9.47 Å². The Bertz CT molecular complexity index is 272. The number of ether oxygens (including phenoxy) is 2. The minimum absolute atomic E-state index is 0.00292. The molecule has 1 saturated carbocycles. The fourth-order valence-electron chi connectivity index (χ4n) is 4.14. The van der Waals surface area contributed by atoms with E-state index in [4.69, 9.17) is 9.47 Å². The number of aliphatic hydroxyl groups is 1. The number of hydrogen-bond donors (Lipinski definition) is 1. The quantitative estimate of drug-likeness (QED) is 0.624. The summed E-state index contributed by atoms with van der Waals surface area (Å²) in [4.78, 5) is 0. The van der Waals surface area contributed by atoms with Crippen LogP contribution in [0.1, 0.15) is 32.1 Å². The average Bonchev–Trinajstić information content (AvgIpc) is 2.86. The van der Waals surface area contributed by atoms with Gasteiger partial charge in [-0.3, -0.25) is 0 Å². The Balaban J connectivity index is 1.74. The van der Waals surface area contributed by atoms with Crippen LogP contribution in [0.3, 0.4) is 0 Å². The van der Waals surface area contributed by atoms with E-state index in [-0.39, 0.29) is 30.0 Å². The van der Waals surface area contributed by atoms with Gasteiger partial charge in [-0.15, -0.1) is 0 Å². The normalized spacial score (nSPS) is 57.6. The first kappa shape index (κ1) is 8.08. The standard InChI is InChI=1S/C11H16O3/c12-8-7-5-6-9(13-7)10(8)14-11(6)3-1-2-4-11/h6-10,12H,1-5H2. The predicted octanol–water partition coefficient (Wildman–Crippen LogP) is 0.846. The Labute approximate surface area is 83.4 Å². The van der Waals surface area contributed by atoms with Crippen LogP contribution in [0.15, 0.2) is 0 Å². The summed E-state index contributed by atoms with van der Waals surface area (Å²) in [6.45, 7) is 0. The summed E-state index contributed by atoms with van der Waals surface area (Å²) >= 11 is 0. The van der Waals surface area contributed by atoms with Crippen molar-refractivity contribution in [1.29, 1.82) is 0 Å². The molecule has 3 aliphatic heterocycles. The van der Waals surface area contributed by atoms with E-state index >= 15 is 0 Å². The molecule has 3 nitrogen and oxygen atoms in total. The summed E-state index contributed by atoms with van der Waals surface area (Å²) in [6.07, 6.45) is 5.92. The van der Waals surface area contributed by atoms with Crippen molar-refractivity contribution < 1.29 is 14.6 Å². The van der Waals surface area contributed by atoms with Crippen LogP contribution in [0.5, 0.6) is 0 Å². The fourth-order valence-corrected chi connectivity index (χ4v) is 4.14. The summed E-state index contributed by atoms with van der Waals surface area (Å²) in [5.74, 6) is 0.586. The Morgan fingerprint density at radius 2 is 1.93 bits per heavy atom. The van der Waals surface area contributed by atoms with E-state index in [2.05, 4.69) is 0 Å². The highest BCUT2D eigenvalue weighted by Crippen LogP contribution is 2.58. The summed E-state index contributed by atoms with van der Waals surface area (Å²) in [6, 6.07) is 0. The lowest BCUT2D eigenvalue weighted by Gasteiger charge is -2.27. The Kier molecular flexibility index (Phi) is 1.35. The third-order valence-electron chi connectivity index (χ3n) is 4.75. The molecule has 2 bridgehead atoms. The van der Waals surface area contributed by atoms with E-state index in [0.29, 0.717) is 5.92 Å². The Hall–Kier alpha value is -0.120. The molecular weight excluding hydrogens is 180 g/mol. The molecule has 5 atom stereocenters. The molecule has 4 fully saturated rings. The average molecular weight is 196 g/mol. The molecule has 78 valence electrons. The molecule has 3 heteroatoms. The second-order valence-electron chi connectivity index (χ2n) is 5.33. The molecule has 0 radical (unpaired) electrons. The van der Waals surface area contributed by atoms with Crippen molar-refractivity contribution in [1.82, 2.24) is 0 Å². The predicted molar refractivity (Wildman–Crippen MR) is 48.8 cm³/mol. The third-order valence-corrected chi connectivity index (χ3v) is 4.75. The van der Waals surface area contributed by atoms with Crippen molar-refractivity contribution in [2.45, 2.75) is 62.1 Å². The van der Waals surface area contributed by atoms with E-state index in [1.807, 2.05) is 0 Å². The van der Waals surface area contributed by atoms with E-state index in [0.717, 1.165) is 6.42 Å². The maximum Gasteiger partial charge on any atom is 0.113 e. The highest BCUT2D eigenvalue weighted by atomic mass is 16.6. The van der Waals surface area contributed by atoms with Gasteiger partial charge in [0.25, 0.3) is 0 Å². The zero-order valence-corrected chi connectivity index (χ0v) is 8.19. The van der Waals surface area contributed by atoms with E-state index in [1.165, 1.54) is 25.7 Å². The molecule has 1 N–H and O–H groups in total. The largest absolute Gasteiger partial charge is 0.388 e. The molecule has 4 rings (SSSR count). The van der Waals surface area contributed by atoms with Gasteiger partial charge in [-0.1, -0.05) is 12.8 Å². The van der Waals surface area contributed by atoms with Crippen molar-refractivity contribution in [3.63, 3.8) is 0 Å². The molecule has 3 heterocycles. The smallest absolute Gasteiger partial charge is 0.113 e. The van der Waals surface area contributed by atoms with Gasteiger partial charge in [0.15, 0.2) is 0 Å². The van der Waals surface area contributed by atoms with Crippen LogP contribution in [0, 0.1) is 5.92 Å². The summed E-state index contributed by atoms with van der Waals surface area (Å²) in [7, 11) is 0. The minimum atomic E-state index is -0.351.